The van der Waals surface area contributed by atoms with E-state index in [1.165, 1.54) is 6.42 Å². The molecule has 0 spiro atoms. The third kappa shape index (κ3) is 5.68. The van der Waals surface area contributed by atoms with E-state index >= 15 is 0 Å². The average Bonchev–Trinajstić information content (AvgIpc) is 1.86. The smallest absolute Gasteiger partial charge is 0.0490 e. The summed E-state index contributed by atoms with van der Waals surface area (Å²) in [6.07, 6.45) is 1.23. The molecule has 0 amide bonds. The van der Waals surface area contributed by atoms with Crippen LogP contribution in [0.5, 0.6) is 0 Å². The Bertz CT molecular complexity index is 93.6. The van der Waals surface area contributed by atoms with Gasteiger partial charge < -0.3 is 4.74 Å². The maximum atomic E-state index is 5.09. The van der Waals surface area contributed by atoms with Crippen molar-refractivity contribution >= 4 is 15.9 Å². The van der Waals surface area contributed by atoms with Crippen molar-refractivity contribution in [3.05, 3.63) is 0 Å². The molecule has 0 saturated carbocycles. The standard InChI is InChI=1S/C9H19BrO/c1-7(5-9(3)10)8(2)6-11-4/h7-9H,5-6H2,1-4H3. The van der Waals surface area contributed by atoms with Gasteiger partial charge in [0.25, 0.3) is 0 Å². The second kappa shape index (κ2) is 6.01. The molecule has 3 atom stereocenters. The number of halogens is 1. The lowest BCUT2D eigenvalue weighted by Crippen LogP contribution is -2.16. The van der Waals surface area contributed by atoms with E-state index in [4.69, 9.17) is 4.74 Å². The predicted molar refractivity (Wildman–Crippen MR) is 53.2 cm³/mol. The van der Waals surface area contributed by atoms with Gasteiger partial charge in [-0.15, -0.1) is 0 Å². The lowest BCUT2D eigenvalue weighted by molar-refractivity contribution is 0.131. The van der Waals surface area contributed by atoms with Crippen LogP contribution in [0.25, 0.3) is 0 Å². The van der Waals surface area contributed by atoms with Gasteiger partial charge in [0.05, 0.1) is 0 Å². The van der Waals surface area contributed by atoms with Gasteiger partial charge in [-0.1, -0.05) is 36.7 Å². The van der Waals surface area contributed by atoms with Gasteiger partial charge in [0.1, 0.15) is 0 Å². The first-order chi connectivity index (χ1) is 5.07. The van der Waals surface area contributed by atoms with E-state index < -0.39 is 0 Å². The fourth-order valence-corrected chi connectivity index (χ4v) is 1.76. The molecule has 0 aromatic rings. The Balaban J connectivity index is 3.54. The Morgan fingerprint density at radius 1 is 1.18 bits per heavy atom. The maximum Gasteiger partial charge on any atom is 0.0490 e. The van der Waals surface area contributed by atoms with Crippen molar-refractivity contribution in [2.75, 3.05) is 13.7 Å². The highest BCUT2D eigenvalue weighted by atomic mass is 79.9. The highest BCUT2D eigenvalue weighted by molar-refractivity contribution is 9.09. The zero-order valence-electron chi connectivity index (χ0n) is 7.93. The normalized spacial score (nSPS) is 19.4. The maximum absolute atomic E-state index is 5.09. The minimum Gasteiger partial charge on any atom is -0.384 e. The van der Waals surface area contributed by atoms with Crippen molar-refractivity contribution in [2.45, 2.75) is 32.0 Å². The Kier molecular flexibility index (Phi) is 6.25. The van der Waals surface area contributed by atoms with Crippen LogP contribution >= 0.6 is 15.9 Å². The molecule has 0 aliphatic carbocycles. The van der Waals surface area contributed by atoms with Gasteiger partial charge in [-0.2, -0.15) is 0 Å². The van der Waals surface area contributed by atoms with Crippen molar-refractivity contribution < 1.29 is 4.74 Å². The predicted octanol–water partition coefficient (Wildman–Crippen LogP) is 3.08. The molecule has 0 N–H and O–H groups in total. The molecule has 3 unspecified atom stereocenters. The van der Waals surface area contributed by atoms with Crippen molar-refractivity contribution in [3.63, 3.8) is 0 Å². The first kappa shape index (κ1) is 11.4. The van der Waals surface area contributed by atoms with Gasteiger partial charge in [-0.25, -0.2) is 0 Å². The number of ether oxygens (including phenoxy) is 1. The summed E-state index contributed by atoms with van der Waals surface area (Å²) in [7, 11) is 1.76. The summed E-state index contributed by atoms with van der Waals surface area (Å²) in [6.45, 7) is 7.59. The lowest BCUT2D eigenvalue weighted by Gasteiger charge is -2.19. The Hall–Kier alpha value is 0.440. The third-order valence-corrected chi connectivity index (χ3v) is 2.47. The van der Waals surface area contributed by atoms with Crippen molar-refractivity contribution in [2.24, 2.45) is 11.8 Å². The van der Waals surface area contributed by atoms with Gasteiger partial charge in [0.15, 0.2) is 0 Å². The summed E-state index contributed by atoms with van der Waals surface area (Å²) in [4.78, 5) is 0.622. The minimum absolute atomic E-state index is 0.622. The number of hydrogen-bond donors (Lipinski definition) is 0. The molecule has 0 radical (unpaired) electrons. The topological polar surface area (TPSA) is 9.23 Å². The van der Waals surface area contributed by atoms with E-state index in [0.29, 0.717) is 10.7 Å². The van der Waals surface area contributed by atoms with Crippen LogP contribution in [0.15, 0.2) is 0 Å². The molecule has 0 bridgehead atoms. The largest absolute Gasteiger partial charge is 0.384 e. The van der Waals surface area contributed by atoms with Crippen LogP contribution in [0.1, 0.15) is 27.2 Å². The molecule has 0 fully saturated rings. The molecule has 0 aliphatic rings. The zero-order valence-corrected chi connectivity index (χ0v) is 9.52. The van der Waals surface area contributed by atoms with Crippen molar-refractivity contribution in [1.29, 1.82) is 0 Å². The molecule has 68 valence electrons. The quantitative estimate of drug-likeness (QED) is 0.651. The van der Waals surface area contributed by atoms with Gasteiger partial charge >= 0.3 is 0 Å². The summed E-state index contributed by atoms with van der Waals surface area (Å²) in [6, 6.07) is 0. The average molecular weight is 223 g/mol. The highest BCUT2D eigenvalue weighted by Gasteiger charge is 2.13. The van der Waals surface area contributed by atoms with Crippen LogP contribution in [-0.4, -0.2) is 18.5 Å². The first-order valence-corrected chi connectivity index (χ1v) is 5.12. The third-order valence-electron chi connectivity index (χ3n) is 2.10. The monoisotopic (exact) mass is 222 g/mol. The lowest BCUT2D eigenvalue weighted by atomic mass is 9.93. The molecule has 11 heavy (non-hydrogen) atoms. The van der Waals surface area contributed by atoms with Crippen LogP contribution in [0.3, 0.4) is 0 Å². The second-order valence-corrected chi connectivity index (χ2v) is 4.99. The van der Waals surface area contributed by atoms with Crippen LogP contribution < -0.4 is 0 Å². The van der Waals surface area contributed by atoms with E-state index in [9.17, 15) is 0 Å². The fourth-order valence-electron chi connectivity index (χ4n) is 1.17. The van der Waals surface area contributed by atoms with E-state index in [1.807, 2.05) is 0 Å². The van der Waals surface area contributed by atoms with E-state index in [1.54, 1.807) is 7.11 Å². The molecular formula is C9H19BrO. The Labute approximate surface area is 78.6 Å². The Morgan fingerprint density at radius 3 is 2.09 bits per heavy atom. The number of hydrogen-bond acceptors (Lipinski definition) is 1. The summed E-state index contributed by atoms with van der Waals surface area (Å²) in [5.74, 6) is 1.41. The minimum atomic E-state index is 0.622. The summed E-state index contributed by atoms with van der Waals surface area (Å²) >= 11 is 3.55. The van der Waals surface area contributed by atoms with Crippen LogP contribution in [-0.2, 0) is 4.74 Å². The van der Waals surface area contributed by atoms with Gasteiger partial charge in [0, 0.05) is 18.5 Å². The molecular weight excluding hydrogens is 204 g/mol. The van der Waals surface area contributed by atoms with Crippen molar-refractivity contribution in [3.8, 4) is 0 Å². The SMILES string of the molecule is COCC(C)C(C)CC(C)Br. The second-order valence-electron chi connectivity index (χ2n) is 3.43. The van der Waals surface area contributed by atoms with Crippen molar-refractivity contribution in [1.82, 2.24) is 0 Å². The molecule has 0 saturated heterocycles. The fraction of sp³-hybridized carbons (Fsp3) is 1.00. The molecule has 0 rings (SSSR count). The van der Waals surface area contributed by atoms with Crippen LogP contribution in [0.4, 0.5) is 0 Å². The summed E-state index contributed by atoms with van der Waals surface area (Å²) in [5, 5.41) is 0. The molecule has 1 nitrogen and oxygen atoms in total. The molecule has 0 aromatic carbocycles. The van der Waals surface area contributed by atoms with Gasteiger partial charge in [-0.3, -0.25) is 0 Å². The summed E-state index contributed by atoms with van der Waals surface area (Å²) in [5.41, 5.74) is 0. The molecule has 0 aliphatic heterocycles. The molecule has 2 heteroatoms. The first-order valence-electron chi connectivity index (χ1n) is 4.21. The summed E-state index contributed by atoms with van der Waals surface area (Å²) < 4.78 is 5.09. The van der Waals surface area contributed by atoms with Gasteiger partial charge in [0.2, 0.25) is 0 Å². The van der Waals surface area contributed by atoms with Crippen LogP contribution in [0, 0.1) is 11.8 Å². The zero-order chi connectivity index (χ0) is 8.85. The van der Waals surface area contributed by atoms with Crippen LogP contribution in [0.2, 0.25) is 0 Å². The molecule has 0 heterocycles. The Morgan fingerprint density at radius 2 is 1.73 bits per heavy atom. The van der Waals surface area contributed by atoms with E-state index in [0.717, 1.165) is 12.5 Å². The highest BCUT2D eigenvalue weighted by Crippen LogP contribution is 2.20. The number of rotatable bonds is 5. The van der Waals surface area contributed by atoms with E-state index in [2.05, 4.69) is 36.7 Å². The number of alkyl halides is 1. The van der Waals surface area contributed by atoms with Gasteiger partial charge in [-0.05, 0) is 18.3 Å². The molecule has 0 aromatic heterocycles. The number of methoxy groups -OCH3 is 1. The van der Waals surface area contributed by atoms with E-state index in [-0.39, 0.29) is 0 Å².